The average Bonchev–Trinajstić information content (AvgIpc) is 3.12. The fraction of sp³-hybridized carbons (Fsp3) is 0.167. The van der Waals surface area contributed by atoms with E-state index in [4.69, 9.17) is 0 Å². The van der Waals surface area contributed by atoms with Gasteiger partial charge in [-0.25, -0.2) is 0 Å². The van der Waals surface area contributed by atoms with Gasteiger partial charge in [-0.15, -0.1) is 0 Å². The number of nitrogens with zero attached hydrogens (tertiary/aromatic N) is 3. The fourth-order valence-corrected chi connectivity index (χ4v) is 2.51. The van der Waals surface area contributed by atoms with Gasteiger partial charge >= 0.3 is 6.18 Å². The minimum absolute atomic E-state index is 0.124. The minimum atomic E-state index is -4.63. The van der Waals surface area contributed by atoms with Crippen LogP contribution >= 0.6 is 0 Å². The molecule has 1 amide bonds. The van der Waals surface area contributed by atoms with Crippen LogP contribution in [0, 0.1) is 0 Å². The summed E-state index contributed by atoms with van der Waals surface area (Å²) in [7, 11) is 0. The molecule has 1 aromatic carbocycles. The normalized spacial score (nSPS) is 12.6. The van der Waals surface area contributed by atoms with Gasteiger partial charge in [0.05, 0.1) is 6.54 Å². The zero-order chi connectivity index (χ0) is 18.6. The third kappa shape index (κ3) is 4.27. The quantitative estimate of drug-likeness (QED) is 0.759. The van der Waals surface area contributed by atoms with Gasteiger partial charge in [0.2, 0.25) is 0 Å². The van der Waals surface area contributed by atoms with Crippen LogP contribution in [-0.2, 0) is 6.54 Å². The molecule has 0 aliphatic rings. The third-order valence-corrected chi connectivity index (χ3v) is 3.71. The number of pyridine rings is 1. The summed E-state index contributed by atoms with van der Waals surface area (Å²) in [6.07, 6.45) is 1.21. The summed E-state index contributed by atoms with van der Waals surface area (Å²) in [4.78, 5) is 16.1. The predicted molar refractivity (Wildman–Crippen MR) is 88.3 cm³/mol. The van der Waals surface area contributed by atoms with E-state index in [0.29, 0.717) is 6.54 Å². The summed E-state index contributed by atoms with van der Waals surface area (Å²) in [5, 5.41) is 6.12. The lowest BCUT2D eigenvalue weighted by molar-refractivity contribution is -0.155. The summed E-state index contributed by atoms with van der Waals surface area (Å²) in [5.41, 5.74) is 0.778. The van der Waals surface area contributed by atoms with E-state index in [1.807, 2.05) is 5.32 Å². The molecule has 3 rings (SSSR count). The van der Waals surface area contributed by atoms with Crippen LogP contribution < -0.4 is 5.32 Å². The lowest BCUT2D eigenvalue weighted by atomic mass is 10.1. The Morgan fingerprint density at radius 3 is 2.65 bits per heavy atom. The van der Waals surface area contributed by atoms with Crippen molar-refractivity contribution in [1.29, 1.82) is 0 Å². The standard InChI is InChI=1S/C18H15F3N4O/c19-18(20,21)16(15-6-2-7-22-11-15)24-17(26)14-5-1-4-13(10-14)12-25-9-3-8-23-25/h1-11,16H,12H2,(H,24,26)/t16-/m0/s1. The van der Waals surface area contributed by atoms with Crippen molar-refractivity contribution in [1.82, 2.24) is 20.1 Å². The Hall–Kier alpha value is -3.16. The summed E-state index contributed by atoms with van der Waals surface area (Å²) in [6.45, 7) is 0.416. The molecule has 3 aromatic rings. The highest BCUT2D eigenvalue weighted by Crippen LogP contribution is 2.32. The molecule has 134 valence electrons. The first-order chi connectivity index (χ1) is 12.4. The van der Waals surface area contributed by atoms with Gasteiger partial charge in [0.1, 0.15) is 0 Å². The van der Waals surface area contributed by atoms with Gasteiger partial charge in [-0.3, -0.25) is 14.5 Å². The molecule has 1 atom stereocenters. The lowest BCUT2D eigenvalue weighted by Crippen LogP contribution is -2.38. The fourth-order valence-electron chi connectivity index (χ4n) is 2.51. The summed E-state index contributed by atoms with van der Waals surface area (Å²) >= 11 is 0. The summed E-state index contributed by atoms with van der Waals surface area (Å²) < 4.78 is 41.7. The first-order valence-corrected chi connectivity index (χ1v) is 7.77. The number of carbonyl (C=O) groups is 1. The molecule has 0 radical (unpaired) electrons. The van der Waals surface area contributed by atoms with Crippen LogP contribution in [0.3, 0.4) is 0 Å². The molecule has 26 heavy (non-hydrogen) atoms. The highest BCUT2D eigenvalue weighted by molar-refractivity contribution is 5.94. The predicted octanol–water partition coefficient (Wildman–Crippen LogP) is 3.36. The minimum Gasteiger partial charge on any atom is -0.337 e. The van der Waals surface area contributed by atoms with Gasteiger partial charge in [-0.2, -0.15) is 18.3 Å². The van der Waals surface area contributed by atoms with Crippen molar-refractivity contribution in [2.24, 2.45) is 0 Å². The van der Waals surface area contributed by atoms with Gasteiger partial charge in [-0.1, -0.05) is 18.2 Å². The van der Waals surface area contributed by atoms with Crippen molar-refractivity contribution in [3.05, 3.63) is 83.9 Å². The molecule has 0 saturated heterocycles. The van der Waals surface area contributed by atoms with E-state index in [0.717, 1.165) is 11.8 Å². The highest BCUT2D eigenvalue weighted by atomic mass is 19.4. The maximum atomic E-state index is 13.4. The first kappa shape index (κ1) is 17.7. The Morgan fingerprint density at radius 2 is 2.00 bits per heavy atom. The number of hydrogen-bond acceptors (Lipinski definition) is 3. The Morgan fingerprint density at radius 1 is 1.15 bits per heavy atom. The molecule has 0 unspecified atom stereocenters. The number of alkyl halides is 3. The zero-order valence-electron chi connectivity index (χ0n) is 13.5. The molecule has 0 fully saturated rings. The van der Waals surface area contributed by atoms with Crippen molar-refractivity contribution >= 4 is 5.91 Å². The van der Waals surface area contributed by atoms with Crippen molar-refractivity contribution in [3.63, 3.8) is 0 Å². The average molecular weight is 360 g/mol. The van der Waals surface area contributed by atoms with Crippen LogP contribution in [-0.4, -0.2) is 26.8 Å². The van der Waals surface area contributed by atoms with Gasteiger partial charge < -0.3 is 5.32 Å². The van der Waals surface area contributed by atoms with Crippen LogP contribution in [0.25, 0.3) is 0 Å². The molecule has 8 heteroatoms. The number of hydrogen-bond donors (Lipinski definition) is 1. The van der Waals surface area contributed by atoms with Gasteiger partial charge in [0, 0.05) is 35.9 Å². The van der Waals surface area contributed by atoms with Gasteiger partial charge in [0.15, 0.2) is 6.04 Å². The Kier molecular flexibility index (Phi) is 5.01. The second-order valence-electron chi connectivity index (χ2n) is 5.64. The van der Waals surface area contributed by atoms with Crippen molar-refractivity contribution < 1.29 is 18.0 Å². The molecule has 0 aliphatic heterocycles. The van der Waals surface area contributed by atoms with Crippen LogP contribution in [0.1, 0.15) is 27.5 Å². The molecule has 0 saturated carbocycles. The Bertz CT molecular complexity index is 864. The van der Waals surface area contributed by atoms with Crippen molar-refractivity contribution in [2.45, 2.75) is 18.8 Å². The maximum Gasteiger partial charge on any atom is 0.412 e. The molecule has 0 bridgehead atoms. The topological polar surface area (TPSA) is 59.8 Å². The van der Waals surface area contributed by atoms with Crippen molar-refractivity contribution in [2.75, 3.05) is 0 Å². The molecule has 2 heterocycles. The Labute approximate surface area is 147 Å². The number of carbonyl (C=O) groups excluding carboxylic acids is 1. The number of halogens is 3. The Balaban J connectivity index is 1.79. The third-order valence-electron chi connectivity index (χ3n) is 3.71. The molecule has 0 aliphatic carbocycles. The second-order valence-corrected chi connectivity index (χ2v) is 5.64. The number of amides is 1. The zero-order valence-corrected chi connectivity index (χ0v) is 13.5. The molecular weight excluding hydrogens is 345 g/mol. The van der Waals surface area contributed by atoms with Crippen LogP contribution in [0.4, 0.5) is 13.2 Å². The SMILES string of the molecule is O=C(N[C@@H](c1cccnc1)C(F)(F)F)c1cccc(Cn2cccn2)c1. The highest BCUT2D eigenvalue weighted by Gasteiger charge is 2.42. The lowest BCUT2D eigenvalue weighted by Gasteiger charge is -2.21. The van der Waals surface area contributed by atoms with E-state index < -0.39 is 18.1 Å². The van der Waals surface area contributed by atoms with Crippen molar-refractivity contribution in [3.8, 4) is 0 Å². The summed E-state index contributed by atoms with van der Waals surface area (Å²) in [6, 6.07) is 8.73. The van der Waals surface area contributed by atoms with Gasteiger partial charge in [0.25, 0.3) is 5.91 Å². The van der Waals surface area contributed by atoms with E-state index in [1.54, 1.807) is 41.3 Å². The van der Waals surface area contributed by atoms with Gasteiger partial charge in [-0.05, 0) is 29.8 Å². The number of rotatable bonds is 5. The van der Waals surface area contributed by atoms with E-state index in [1.165, 1.54) is 24.4 Å². The number of nitrogens with one attached hydrogen (secondary N) is 1. The van der Waals surface area contributed by atoms with E-state index in [9.17, 15) is 18.0 Å². The molecule has 0 spiro atoms. The molecule has 5 nitrogen and oxygen atoms in total. The number of benzene rings is 1. The monoisotopic (exact) mass is 360 g/mol. The van der Waals surface area contributed by atoms with E-state index in [-0.39, 0.29) is 11.1 Å². The largest absolute Gasteiger partial charge is 0.412 e. The van der Waals surface area contributed by atoms with E-state index >= 15 is 0 Å². The molecule has 2 aromatic heterocycles. The number of aromatic nitrogens is 3. The molecular formula is C18H15F3N4O. The van der Waals surface area contributed by atoms with E-state index in [2.05, 4.69) is 10.1 Å². The maximum absolute atomic E-state index is 13.4. The van der Waals surface area contributed by atoms with Crippen LogP contribution in [0.15, 0.2) is 67.3 Å². The molecule has 1 N–H and O–H groups in total. The first-order valence-electron chi connectivity index (χ1n) is 7.77. The van der Waals surface area contributed by atoms with Crippen LogP contribution in [0.5, 0.6) is 0 Å². The van der Waals surface area contributed by atoms with Crippen LogP contribution in [0.2, 0.25) is 0 Å². The second kappa shape index (κ2) is 7.38. The summed E-state index contributed by atoms with van der Waals surface area (Å²) in [5.74, 6) is -0.807. The smallest absolute Gasteiger partial charge is 0.337 e.